The molecule has 0 fully saturated rings. The van der Waals surface area contributed by atoms with Crippen molar-refractivity contribution in [2.24, 2.45) is 0 Å². The Morgan fingerprint density at radius 2 is 1.80 bits per heavy atom. The van der Waals surface area contributed by atoms with E-state index in [1.54, 1.807) is 6.07 Å². The zero-order valence-corrected chi connectivity index (χ0v) is 15.2. The zero-order valence-electron chi connectivity index (χ0n) is 15.2. The van der Waals surface area contributed by atoms with Crippen LogP contribution in [0.3, 0.4) is 0 Å². The Morgan fingerprint density at radius 3 is 2.50 bits per heavy atom. The van der Waals surface area contributed by atoms with Crippen LogP contribution in [-0.4, -0.2) is 16.7 Å². The molecule has 0 aliphatic carbocycles. The Kier molecular flexibility index (Phi) is 4.81. The monoisotopic (exact) mass is 405 g/mol. The van der Waals surface area contributed by atoms with E-state index in [1.165, 1.54) is 66.7 Å². The second kappa shape index (κ2) is 7.59. The molecule has 0 saturated carbocycles. The van der Waals surface area contributed by atoms with Gasteiger partial charge in [0.2, 0.25) is 5.78 Å². The first-order valence-electron chi connectivity index (χ1n) is 8.72. The van der Waals surface area contributed by atoms with E-state index in [2.05, 4.69) is 0 Å². The highest BCUT2D eigenvalue weighted by Gasteiger charge is 2.28. The molecule has 0 unspecified atom stereocenters. The molecule has 0 aromatic heterocycles. The van der Waals surface area contributed by atoms with Crippen molar-refractivity contribution in [3.05, 3.63) is 105 Å². The highest BCUT2D eigenvalue weighted by Crippen LogP contribution is 2.35. The third-order valence-corrected chi connectivity index (χ3v) is 4.36. The van der Waals surface area contributed by atoms with Gasteiger partial charge in [0.25, 0.3) is 5.69 Å². The lowest BCUT2D eigenvalue weighted by atomic mass is 10.1. The third kappa shape index (κ3) is 3.66. The molecular formula is C22H12FNO6. The van der Waals surface area contributed by atoms with E-state index in [0.717, 1.165) is 0 Å². The van der Waals surface area contributed by atoms with Crippen molar-refractivity contribution in [2.45, 2.75) is 0 Å². The average molecular weight is 405 g/mol. The molecule has 1 aliphatic heterocycles. The first kappa shape index (κ1) is 19.0. The minimum atomic E-state index is -0.726. The average Bonchev–Trinajstić information content (AvgIpc) is 3.04. The van der Waals surface area contributed by atoms with Gasteiger partial charge in [-0.05, 0) is 36.4 Å². The highest BCUT2D eigenvalue weighted by atomic mass is 19.1. The number of nitro groups is 1. The summed E-state index contributed by atoms with van der Waals surface area (Å²) in [7, 11) is 0. The van der Waals surface area contributed by atoms with E-state index < -0.39 is 22.5 Å². The summed E-state index contributed by atoms with van der Waals surface area (Å²) in [4.78, 5) is 34.8. The first-order valence-corrected chi connectivity index (χ1v) is 8.72. The van der Waals surface area contributed by atoms with Gasteiger partial charge >= 0.3 is 5.97 Å². The molecule has 0 saturated heterocycles. The summed E-state index contributed by atoms with van der Waals surface area (Å²) in [5, 5.41) is 10.7. The minimum absolute atomic E-state index is 0.0473. The van der Waals surface area contributed by atoms with Gasteiger partial charge in [0.05, 0.1) is 16.1 Å². The molecule has 7 nitrogen and oxygen atoms in total. The maximum atomic E-state index is 13.8. The molecule has 0 bridgehead atoms. The first-order chi connectivity index (χ1) is 14.4. The Labute approximate surface area is 169 Å². The van der Waals surface area contributed by atoms with Gasteiger partial charge < -0.3 is 9.47 Å². The number of benzene rings is 3. The smallest absolute Gasteiger partial charge is 0.343 e. The summed E-state index contributed by atoms with van der Waals surface area (Å²) >= 11 is 0. The minimum Gasteiger partial charge on any atom is -0.452 e. The third-order valence-electron chi connectivity index (χ3n) is 4.36. The van der Waals surface area contributed by atoms with Crippen molar-refractivity contribution in [3.63, 3.8) is 0 Å². The Hall–Kier alpha value is -4.33. The molecule has 3 aromatic carbocycles. The van der Waals surface area contributed by atoms with Gasteiger partial charge in [-0.2, -0.15) is 0 Å². The number of fused-ring (bicyclic) bond motifs is 1. The Bertz CT molecular complexity index is 1220. The van der Waals surface area contributed by atoms with Crippen LogP contribution in [0.1, 0.15) is 26.3 Å². The number of carbonyl (C=O) groups is 2. The lowest BCUT2D eigenvalue weighted by Crippen LogP contribution is -2.08. The van der Waals surface area contributed by atoms with Gasteiger partial charge in [-0.15, -0.1) is 0 Å². The van der Waals surface area contributed by atoms with Crippen LogP contribution in [-0.2, 0) is 0 Å². The van der Waals surface area contributed by atoms with Crippen molar-refractivity contribution >= 4 is 23.5 Å². The summed E-state index contributed by atoms with van der Waals surface area (Å²) in [6.45, 7) is 0. The van der Waals surface area contributed by atoms with Crippen molar-refractivity contribution in [3.8, 4) is 11.5 Å². The molecule has 0 N–H and O–H groups in total. The van der Waals surface area contributed by atoms with E-state index in [4.69, 9.17) is 9.47 Å². The predicted molar refractivity (Wildman–Crippen MR) is 104 cm³/mol. The van der Waals surface area contributed by atoms with Crippen LogP contribution >= 0.6 is 0 Å². The number of hydrogen-bond acceptors (Lipinski definition) is 6. The lowest BCUT2D eigenvalue weighted by Gasteiger charge is -2.05. The molecule has 0 amide bonds. The number of ketones is 1. The normalized spacial score (nSPS) is 13.6. The van der Waals surface area contributed by atoms with E-state index in [9.17, 15) is 24.1 Å². The van der Waals surface area contributed by atoms with Gasteiger partial charge in [-0.25, -0.2) is 9.18 Å². The molecule has 3 aromatic rings. The maximum Gasteiger partial charge on any atom is 0.343 e. The summed E-state index contributed by atoms with van der Waals surface area (Å²) < 4.78 is 24.6. The Morgan fingerprint density at radius 1 is 1.07 bits per heavy atom. The van der Waals surface area contributed by atoms with Crippen LogP contribution in [0.15, 0.2) is 72.5 Å². The van der Waals surface area contributed by atoms with Gasteiger partial charge in [0.15, 0.2) is 5.76 Å². The quantitative estimate of drug-likeness (QED) is 0.207. The number of non-ortho nitro benzene ring substituents is 1. The second-order valence-corrected chi connectivity index (χ2v) is 6.31. The van der Waals surface area contributed by atoms with Crippen LogP contribution in [0, 0.1) is 15.9 Å². The SMILES string of the molecule is O=C(Oc1ccc2c(c1)O/C(=C\c1ccccc1F)C2=O)c1ccc([N+](=O)[O-])cc1. The van der Waals surface area contributed by atoms with E-state index in [-0.39, 0.29) is 39.6 Å². The number of nitro benzene ring substituents is 1. The van der Waals surface area contributed by atoms with Crippen LogP contribution in [0.2, 0.25) is 0 Å². The highest BCUT2D eigenvalue weighted by molar-refractivity contribution is 6.14. The van der Waals surface area contributed by atoms with Crippen LogP contribution in [0.5, 0.6) is 11.5 Å². The summed E-state index contributed by atoms with van der Waals surface area (Å²) in [5.41, 5.74) is 0.439. The summed E-state index contributed by atoms with van der Waals surface area (Å²) in [6.07, 6.45) is 1.31. The van der Waals surface area contributed by atoms with Crippen molar-refractivity contribution in [1.29, 1.82) is 0 Å². The van der Waals surface area contributed by atoms with Crippen LogP contribution in [0.25, 0.3) is 6.08 Å². The molecule has 1 heterocycles. The summed E-state index contributed by atoms with van der Waals surface area (Å²) in [6, 6.07) is 15.2. The number of rotatable bonds is 4. The maximum absolute atomic E-state index is 13.8. The van der Waals surface area contributed by atoms with Crippen LogP contribution in [0.4, 0.5) is 10.1 Å². The number of halogens is 1. The van der Waals surface area contributed by atoms with E-state index in [0.29, 0.717) is 0 Å². The van der Waals surface area contributed by atoms with Crippen molar-refractivity contribution in [2.75, 3.05) is 0 Å². The molecule has 8 heteroatoms. The van der Waals surface area contributed by atoms with Crippen molar-refractivity contribution < 1.29 is 28.4 Å². The van der Waals surface area contributed by atoms with Gasteiger partial charge in [-0.3, -0.25) is 14.9 Å². The van der Waals surface area contributed by atoms with Gasteiger partial charge in [-0.1, -0.05) is 18.2 Å². The van der Waals surface area contributed by atoms with Crippen LogP contribution < -0.4 is 9.47 Å². The molecular weight excluding hydrogens is 393 g/mol. The number of allylic oxidation sites excluding steroid dienone is 1. The number of Topliss-reactive ketones (excluding diaryl/α,β-unsaturated/α-hetero) is 1. The molecule has 4 rings (SSSR count). The molecule has 30 heavy (non-hydrogen) atoms. The van der Waals surface area contributed by atoms with Gasteiger partial charge in [0, 0.05) is 23.8 Å². The molecule has 0 atom stereocenters. The second-order valence-electron chi connectivity index (χ2n) is 6.31. The van der Waals surface area contributed by atoms with E-state index >= 15 is 0 Å². The largest absolute Gasteiger partial charge is 0.452 e. The molecule has 0 radical (unpaired) electrons. The standard InChI is InChI=1S/C22H12FNO6/c23-18-4-2-1-3-14(18)11-20-21(25)17-10-9-16(12-19(17)30-20)29-22(26)13-5-7-15(8-6-13)24(27)28/h1-12H/b20-11-. The van der Waals surface area contributed by atoms with E-state index in [1.807, 2.05) is 0 Å². The molecule has 148 valence electrons. The molecule has 1 aliphatic rings. The van der Waals surface area contributed by atoms with Crippen molar-refractivity contribution in [1.82, 2.24) is 0 Å². The molecule has 0 spiro atoms. The predicted octanol–water partition coefficient (Wildman–Crippen LogP) is 4.57. The van der Waals surface area contributed by atoms with Gasteiger partial charge in [0.1, 0.15) is 17.3 Å². The fourth-order valence-corrected chi connectivity index (χ4v) is 2.85. The fraction of sp³-hybridized carbons (Fsp3) is 0. The summed E-state index contributed by atoms with van der Waals surface area (Å²) in [5.74, 6) is -1.38. The lowest BCUT2D eigenvalue weighted by molar-refractivity contribution is -0.384. The number of hydrogen-bond donors (Lipinski definition) is 0. The topological polar surface area (TPSA) is 95.7 Å². The number of ether oxygens (including phenoxy) is 2. The number of esters is 1. The zero-order chi connectivity index (χ0) is 21.3. The number of carbonyl (C=O) groups excluding carboxylic acids is 2. The number of nitrogens with zero attached hydrogens (tertiary/aromatic N) is 1. The Balaban J connectivity index is 1.53. The fourth-order valence-electron chi connectivity index (χ4n) is 2.85.